The van der Waals surface area contributed by atoms with Crippen molar-refractivity contribution in [3.63, 3.8) is 0 Å². The van der Waals surface area contributed by atoms with E-state index in [0.29, 0.717) is 36.1 Å². The molecule has 0 radical (unpaired) electrons. The molecular weight excluding hydrogens is 360 g/mol. The van der Waals surface area contributed by atoms with Gasteiger partial charge in [-0.3, -0.25) is 4.79 Å². The highest BCUT2D eigenvalue weighted by atomic mass is 16.5. The summed E-state index contributed by atoms with van der Waals surface area (Å²) in [6.07, 6.45) is 4.26. The van der Waals surface area contributed by atoms with E-state index in [2.05, 4.69) is 10.1 Å². The maximum Gasteiger partial charge on any atom is 0.226 e. The van der Waals surface area contributed by atoms with Crippen molar-refractivity contribution in [2.45, 2.75) is 58.5 Å². The fraction of sp³-hybridized carbons (Fsp3) is 0.571. The molecule has 0 bridgehead atoms. The van der Waals surface area contributed by atoms with Gasteiger partial charge in [-0.2, -0.15) is 4.98 Å². The Hall–Kier alpha value is -2.25. The summed E-state index contributed by atoms with van der Waals surface area (Å²) in [6, 6.07) is 3.82. The Morgan fingerprint density at radius 2 is 2.04 bits per heavy atom. The molecule has 0 amide bonds. The summed E-state index contributed by atoms with van der Waals surface area (Å²) in [5, 5.41) is 22.5. The molecule has 1 fully saturated rings. The molecule has 2 N–H and O–H groups in total. The second-order valence-corrected chi connectivity index (χ2v) is 7.55. The number of carbonyl (C=O) groups excluding carboxylic acids is 1. The van der Waals surface area contributed by atoms with Crippen molar-refractivity contribution in [3.8, 4) is 17.1 Å². The number of hydrogen-bond donors (Lipinski definition) is 2. The number of ketones is 1. The molecule has 0 aliphatic heterocycles. The Balaban J connectivity index is 1.66. The van der Waals surface area contributed by atoms with Gasteiger partial charge in [0, 0.05) is 24.3 Å². The molecule has 1 aliphatic carbocycles. The summed E-state index contributed by atoms with van der Waals surface area (Å²) < 4.78 is 11.0. The Labute approximate surface area is 164 Å². The number of nitrogens with zero attached hydrogens (tertiary/aromatic N) is 2. The topological polar surface area (TPSA) is 106 Å². The van der Waals surface area contributed by atoms with Crippen LogP contribution in [0.1, 0.15) is 49.1 Å². The van der Waals surface area contributed by atoms with Crippen molar-refractivity contribution in [1.82, 2.24) is 10.1 Å². The first-order valence-electron chi connectivity index (χ1n) is 9.86. The molecule has 1 aliphatic rings. The van der Waals surface area contributed by atoms with Gasteiger partial charge in [0.15, 0.2) is 0 Å². The monoisotopic (exact) mass is 388 g/mol. The lowest BCUT2D eigenvalue weighted by Crippen LogP contribution is -2.21. The maximum atomic E-state index is 12.0. The summed E-state index contributed by atoms with van der Waals surface area (Å²) in [5.41, 5.74) is 2.60. The molecule has 2 atom stereocenters. The third-order valence-electron chi connectivity index (χ3n) is 5.21. The van der Waals surface area contributed by atoms with Gasteiger partial charge in [0.2, 0.25) is 11.7 Å². The van der Waals surface area contributed by atoms with Crippen LogP contribution in [0.15, 0.2) is 16.7 Å². The third kappa shape index (κ3) is 4.97. The van der Waals surface area contributed by atoms with Crippen molar-refractivity contribution in [3.05, 3.63) is 29.2 Å². The quantitative estimate of drug-likeness (QED) is 0.716. The van der Waals surface area contributed by atoms with Gasteiger partial charge in [-0.1, -0.05) is 11.6 Å². The van der Waals surface area contributed by atoms with E-state index in [1.165, 1.54) is 0 Å². The second kappa shape index (κ2) is 9.30. The molecule has 1 unspecified atom stereocenters. The molecule has 152 valence electrons. The van der Waals surface area contributed by atoms with Gasteiger partial charge in [-0.25, -0.2) is 0 Å². The van der Waals surface area contributed by atoms with Crippen LogP contribution < -0.4 is 4.74 Å². The van der Waals surface area contributed by atoms with Crippen molar-refractivity contribution < 1.29 is 24.3 Å². The number of aromatic nitrogens is 2. The van der Waals surface area contributed by atoms with E-state index in [1.54, 1.807) is 0 Å². The molecule has 0 spiro atoms. The van der Waals surface area contributed by atoms with Gasteiger partial charge < -0.3 is 19.5 Å². The number of hydrogen-bond acceptors (Lipinski definition) is 7. The van der Waals surface area contributed by atoms with Crippen LogP contribution in [0.4, 0.5) is 0 Å². The lowest BCUT2D eigenvalue weighted by atomic mass is 9.85. The van der Waals surface area contributed by atoms with E-state index in [-0.39, 0.29) is 19.1 Å². The minimum atomic E-state index is -0.908. The van der Waals surface area contributed by atoms with Crippen LogP contribution in [-0.2, 0) is 11.2 Å². The predicted molar refractivity (Wildman–Crippen MR) is 103 cm³/mol. The van der Waals surface area contributed by atoms with Gasteiger partial charge in [0.05, 0.1) is 6.61 Å². The zero-order valence-corrected chi connectivity index (χ0v) is 16.5. The summed E-state index contributed by atoms with van der Waals surface area (Å²) in [6.45, 7) is 3.51. The summed E-state index contributed by atoms with van der Waals surface area (Å²) in [7, 11) is 0. The minimum Gasteiger partial charge on any atom is -0.490 e. The third-order valence-corrected chi connectivity index (χ3v) is 5.21. The Kier molecular flexibility index (Phi) is 6.80. The van der Waals surface area contributed by atoms with E-state index in [1.807, 2.05) is 26.0 Å². The molecule has 7 heteroatoms. The Bertz CT molecular complexity index is 794. The van der Waals surface area contributed by atoms with Gasteiger partial charge >= 0.3 is 0 Å². The van der Waals surface area contributed by atoms with Gasteiger partial charge in [-0.15, -0.1) is 0 Å². The second-order valence-electron chi connectivity index (χ2n) is 7.55. The van der Waals surface area contributed by atoms with E-state index in [4.69, 9.17) is 14.4 Å². The Morgan fingerprint density at radius 3 is 2.71 bits per heavy atom. The first-order chi connectivity index (χ1) is 13.5. The molecule has 3 rings (SSSR count). The average molecular weight is 388 g/mol. The fourth-order valence-electron chi connectivity index (χ4n) is 3.67. The number of Topliss-reactive ketones (excluding diaryl/α,β-unsaturated/α-hetero) is 1. The minimum absolute atomic E-state index is 0.0315. The van der Waals surface area contributed by atoms with Gasteiger partial charge in [0.25, 0.3) is 0 Å². The van der Waals surface area contributed by atoms with Crippen molar-refractivity contribution in [1.29, 1.82) is 0 Å². The van der Waals surface area contributed by atoms with Crippen LogP contribution >= 0.6 is 0 Å². The molecule has 1 aromatic carbocycles. The van der Waals surface area contributed by atoms with E-state index in [9.17, 15) is 9.90 Å². The van der Waals surface area contributed by atoms with Crippen LogP contribution in [0.25, 0.3) is 11.4 Å². The predicted octanol–water partition coefficient (Wildman–Crippen LogP) is 2.78. The number of aliphatic hydroxyl groups is 2. The lowest BCUT2D eigenvalue weighted by molar-refractivity contribution is -0.124. The molecule has 0 saturated heterocycles. The number of benzene rings is 1. The smallest absolute Gasteiger partial charge is 0.226 e. The van der Waals surface area contributed by atoms with Gasteiger partial charge in [-0.05, 0) is 56.4 Å². The lowest BCUT2D eigenvalue weighted by Gasteiger charge is -2.19. The number of ether oxygens (including phenoxy) is 1. The van der Waals surface area contributed by atoms with Crippen LogP contribution in [0.2, 0.25) is 0 Å². The highest BCUT2D eigenvalue weighted by Crippen LogP contribution is 2.30. The molecule has 1 aromatic heterocycles. The van der Waals surface area contributed by atoms with Crippen LogP contribution in [-0.4, -0.2) is 45.5 Å². The molecule has 2 aromatic rings. The van der Waals surface area contributed by atoms with Crippen molar-refractivity contribution >= 4 is 5.78 Å². The summed E-state index contributed by atoms with van der Waals surface area (Å²) >= 11 is 0. The first kappa shape index (κ1) is 20.5. The fourth-order valence-corrected chi connectivity index (χ4v) is 3.67. The zero-order valence-electron chi connectivity index (χ0n) is 16.5. The standard InChI is InChI=1S/C21H28N2O5/c1-13-9-16(10-14(2)20(13)27-12-17(25)11-24)21-22-19(28-23-21)8-7-15-5-3-4-6-18(15)26/h9-10,15,17,24-25H,3-8,11-12H2,1-2H3/t15?,17-/m1/s1. The van der Waals surface area contributed by atoms with Crippen LogP contribution in [0, 0.1) is 19.8 Å². The maximum absolute atomic E-state index is 12.0. The Morgan fingerprint density at radius 1 is 1.29 bits per heavy atom. The van der Waals surface area contributed by atoms with E-state index in [0.717, 1.165) is 42.4 Å². The molecule has 7 nitrogen and oxygen atoms in total. The van der Waals surface area contributed by atoms with Crippen LogP contribution in [0.5, 0.6) is 5.75 Å². The largest absolute Gasteiger partial charge is 0.490 e. The van der Waals surface area contributed by atoms with E-state index < -0.39 is 6.10 Å². The highest BCUT2D eigenvalue weighted by molar-refractivity contribution is 5.81. The molecular formula is C21H28N2O5. The number of rotatable bonds is 8. The van der Waals surface area contributed by atoms with Crippen molar-refractivity contribution in [2.75, 3.05) is 13.2 Å². The zero-order chi connectivity index (χ0) is 20.1. The molecule has 1 saturated carbocycles. The number of aryl methyl sites for hydroxylation is 3. The summed E-state index contributed by atoms with van der Waals surface area (Å²) in [4.78, 5) is 16.4. The van der Waals surface area contributed by atoms with Gasteiger partial charge in [0.1, 0.15) is 24.2 Å². The van der Waals surface area contributed by atoms with Crippen LogP contribution in [0.3, 0.4) is 0 Å². The SMILES string of the molecule is Cc1cc(-c2noc(CCC3CCCCC3=O)n2)cc(C)c1OC[C@H](O)CO. The van der Waals surface area contributed by atoms with Crippen molar-refractivity contribution in [2.24, 2.45) is 5.92 Å². The number of aliphatic hydroxyl groups excluding tert-OH is 2. The number of carbonyl (C=O) groups is 1. The average Bonchev–Trinajstić information content (AvgIpc) is 3.15. The molecule has 28 heavy (non-hydrogen) atoms. The first-order valence-corrected chi connectivity index (χ1v) is 9.86. The molecule has 1 heterocycles. The summed E-state index contributed by atoms with van der Waals surface area (Å²) in [5.74, 6) is 2.22. The normalized spacial score (nSPS) is 18.3. The van der Waals surface area contributed by atoms with E-state index >= 15 is 0 Å². The highest BCUT2D eigenvalue weighted by Gasteiger charge is 2.23.